The molecule has 0 aliphatic carbocycles. The molecule has 1 spiro atoms. The van der Waals surface area contributed by atoms with E-state index in [0.717, 1.165) is 66.1 Å². The minimum absolute atomic E-state index is 0.0798. The lowest BCUT2D eigenvalue weighted by Crippen LogP contribution is -2.66. The van der Waals surface area contributed by atoms with E-state index in [-0.39, 0.29) is 17.5 Å². The predicted octanol–water partition coefficient (Wildman–Crippen LogP) is 5.08. The number of nitrogens with one attached hydrogen (secondary N) is 1. The highest BCUT2D eigenvalue weighted by Gasteiger charge is 2.49. The molecule has 0 bridgehead atoms. The van der Waals surface area contributed by atoms with Crippen molar-refractivity contribution in [3.63, 3.8) is 0 Å². The molecule has 0 unspecified atom stereocenters. The van der Waals surface area contributed by atoms with Crippen LogP contribution in [0.3, 0.4) is 0 Å². The minimum atomic E-state index is -2.85. The largest absolute Gasteiger partial charge is 0.495 e. The van der Waals surface area contributed by atoms with Gasteiger partial charge in [-0.25, -0.2) is 13.2 Å². The summed E-state index contributed by atoms with van der Waals surface area (Å²) in [7, 11) is 1.64. The number of halogens is 3. The zero-order valence-electron chi connectivity index (χ0n) is 17.9. The highest BCUT2D eigenvalue weighted by molar-refractivity contribution is 5.96. The van der Waals surface area contributed by atoms with Gasteiger partial charge in [0.1, 0.15) is 11.6 Å². The molecule has 2 aromatic carbocycles. The van der Waals surface area contributed by atoms with Crippen LogP contribution in [0.4, 0.5) is 24.5 Å². The first-order chi connectivity index (χ1) is 15.4. The van der Waals surface area contributed by atoms with Crippen LogP contribution in [0.25, 0.3) is 10.9 Å². The van der Waals surface area contributed by atoms with Crippen molar-refractivity contribution in [3.8, 4) is 5.75 Å². The molecule has 0 amide bonds. The number of hydrogen-bond acceptors (Lipinski definition) is 5. The summed E-state index contributed by atoms with van der Waals surface area (Å²) in [5.41, 5.74) is 3.12. The Morgan fingerprint density at radius 2 is 2.00 bits per heavy atom. The molecule has 0 atom stereocenters. The smallest absolute Gasteiger partial charge is 0.266 e. The first-order valence-corrected chi connectivity index (χ1v) is 10.5. The second kappa shape index (κ2) is 7.85. The van der Waals surface area contributed by atoms with E-state index in [4.69, 9.17) is 9.47 Å². The van der Waals surface area contributed by atoms with E-state index in [9.17, 15) is 13.2 Å². The van der Waals surface area contributed by atoms with Crippen LogP contribution in [0.15, 0.2) is 36.4 Å². The van der Waals surface area contributed by atoms with E-state index < -0.39 is 17.8 Å². The van der Waals surface area contributed by atoms with E-state index in [0.29, 0.717) is 0 Å². The van der Waals surface area contributed by atoms with Gasteiger partial charge in [-0.05, 0) is 19.1 Å². The third-order valence-electron chi connectivity index (χ3n) is 6.26. The Balaban J connectivity index is 1.47. The van der Waals surface area contributed by atoms with Gasteiger partial charge in [0.2, 0.25) is 0 Å². The molecular weight excluding hydrogens is 419 g/mol. The second-order valence-corrected chi connectivity index (χ2v) is 8.68. The SMILES string of the molecule is COc1cc2nc(C)cc(NCc3cccc(C(F)F)c3F)c2cc1N1CC2(COC2)C1. The highest BCUT2D eigenvalue weighted by atomic mass is 19.3. The van der Waals surface area contributed by atoms with Gasteiger partial charge in [-0.15, -0.1) is 0 Å². The van der Waals surface area contributed by atoms with E-state index in [2.05, 4.69) is 15.2 Å². The van der Waals surface area contributed by atoms with Crippen molar-refractivity contribution in [2.75, 3.05) is 43.6 Å². The average molecular weight is 443 g/mol. The quantitative estimate of drug-likeness (QED) is 0.576. The summed E-state index contributed by atoms with van der Waals surface area (Å²) < 4.78 is 51.6. The number of alkyl halides is 2. The monoisotopic (exact) mass is 443 g/mol. The van der Waals surface area contributed by atoms with E-state index in [1.165, 1.54) is 12.1 Å². The summed E-state index contributed by atoms with van der Waals surface area (Å²) >= 11 is 0. The number of anilines is 2. The number of ether oxygens (including phenoxy) is 2. The van der Waals surface area contributed by atoms with Crippen LogP contribution in [-0.2, 0) is 11.3 Å². The summed E-state index contributed by atoms with van der Waals surface area (Å²) in [6.07, 6.45) is -2.85. The number of hydrogen-bond donors (Lipinski definition) is 1. The minimum Gasteiger partial charge on any atom is -0.495 e. The van der Waals surface area contributed by atoms with E-state index >= 15 is 0 Å². The number of methoxy groups -OCH3 is 1. The zero-order valence-corrected chi connectivity index (χ0v) is 17.9. The molecule has 0 radical (unpaired) electrons. The molecule has 2 aliphatic heterocycles. The maximum atomic E-state index is 14.5. The number of aromatic nitrogens is 1. The van der Waals surface area contributed by atoms with Crippen LogP contribution in [-0.4, -0.2) is 38.4 Å². The highest BCUT2D eigenvalue weighted by Crippen LogP contribution is 2.45. The Bertz CT molecular complexity index is 1170. The molecule has 32 heavy (non-hydrogen) atoms. The van der Waals surface area contributed by atoms with Gasteiger partial charge in [-0.3, -0.25) is 4.98 Å². The van der Waals surface area contributed by atoms with Gasteiger partial charge < -0.3 is 19.7 Å². The number of nitrogens with zero attached hydrogens (tertiary/aromatic N) is 2. The fourth-order valence-electron chi connectivity index (χ4n) is 4.53. The first kappa shape index (κ1) is 20.9. The van der Waals surface area contributed by atoms with Gasteiger partial charge in [-0.2, -0.15) is 0 Å². The van der Waals surface area contributed by atoms with Crippen molar-refractivity contribution in [1.82, 2.24) is 4.98 Å². The van der Waals surface area contributed by atoms with Gasteiger partial charge in [0.25, 0.3) is 6.43 Å². The molecule has 0 saturated carbocycles. The fourth-order valence-corrected chi connectivity index (χ4v) is 4.53. The maximum absolute atomic E-state index is 14.5. The predicted molar refractivity (Wildman–Crippen MR) is 117 cm³/mol. The van der Waals surface area contributed by atoms with Gasteiger partial charge in [0.05, 0.1) is 42.5 Å². The van der Waals surface area contributed by atoms with Gasteiger partial charge in [-0.1, -0.05) is 18.2 Å². The number of benzene rings is 2. The number of aryl methyl sites for hydroxylation is 1. The summed E-state index contributed by atoms with van der Waals surface area (Å²) in [4.78, 5) is 6.88. The molecule has 5 nitrogen and oxygen atoms in total. The van der Waals surface area contributed by atoms with Crippen LogP contribution in [0.5, 0.6) is 5.75 Å². The molecule has 168 valence electrons. The lowest BCUT2D eigenvalue weighted by Gasteiger charge is -2.56. The molecule has 1 aromatic heterocycles. The molecule has 2 aliphatic rings. The summed E-state index contributed by atoms with van der Waals surface area (Å²) in [6, 6.07) is 9.89. The van der Waals surface area contributed by atoms with Crippen LogP contribution in [0.1, 0.15) is 23.2 Å². The van der Waals surface area contributed by atoms with Crippen LogP contribution < -0.4 is 15.0 Å². The van der Waals surface area contributed by atoms with E-state index in [1.807, 2.05) is 25.1 Å². The van der Waals surface area contributed by atoms with Gasteiger partial charge in [0, 0.05) is 48.0 Å². The molecule has 2 saturated heterocycles. The number of pyridine rings is 1. The van der Waals surface area contributed by atoms with Crippen molar-refractivity contribution in [3.05, 3.63) is 59.0 Å². The molecular formula is C24H24F3N3O2. The standard InChI is InChI=1S/C24H24F3N3O2/c1-14-6-18(28-9-15-4-3-5-16(22(15)25)23(26)27)17-7-20(21(31-2)8-19(17)29-14)30-10-24(11-30)12-32-13-24/h3-8,23H,9-13H2,1-2H3,(H,28,29). The van der Waals surface area contributed by atoms with Crippen molar-refractivity contribution < 1.29 is 22.6 Å². The van der Waals surface area contributed by atoms with Crippen LogP contribution in [0.2, 0.25) is 0 Å². The van der Waals surface area contributed by atoms with E-state index in [1.54, 1.807) is 7.11 Å². The Labute approximate surface area is 184 Å². The van der Waals surface area contributed by atoms with Crippen molar-refractivity contribution in [2.45, 2.75) is 19.9 Å². The van der Waals surface area contributed by atoms with Gasteiger partial charge in [0.15, 0.2) is 0 Å². The van der Waals surface area contributed by atoms with Gasteiger partial charge >= 0.3 is 0 Å². The summed E-state index contributed by atoms with van der Waals surface area (Å²) in [5.74, 6) is -0.131. The zero-order chi connectivity index (χ0) is 22.5. The second-order valence-electron chi connectivity index (χ2n) is 8.68. The molecule has 3 aromatic rings. The average Bonchev–Trinajstić information content (AvgIpc) is 2.70. The van der Waals surface area contributed by atoms with Crippen molar-refractivity contribution in [2.24, 2.45) is 5.41 Å². The van der Waals surface area contributed by atoms with Crippen LogP contribution in [0, 0.1) is 18.2 Å². The molecule has 3 heterocycles. The first-order valence-electron chi connectivity index (χ1n) is 10.5. The number of rotatable bonds is 6. The molecule has 8 heteroatoms. The third kappa shape index (κ3) is 3.52. The fraction of sp³-hybridized carbons (Fsp3) is 0.375. The topological polar surface area (TPSA) is 46.6 Å². The van der Waals surface area contributed by atoms with Crippen molar-refractivity contribution in [1.29, 1.82) is 0 Å². The Hall–Kier alpha value is -3.00. The molecule has 5 rings (SSSR count). The van der Waals surface area contributed by atoms with Crippen LogP contribution >= 0.6 is 0 Å². The summed E-state index contributed by atoms with van der Waals surface area (Å²) in [6.45, 7) is 5.34. The third-order valence-corrected chi connectivity index (χ3v) is 6.26. The Morgan fingerprint density at radius 1 is 1.22 bits per heavy atom. The lowest BCUT2D eigenvalue weighted by molar-refractivity contribution is -0.127. The Morgan fingerprint density at radius 3 is 2.66 bits per heavy atom. The number of fused-ring (bicyclic) bond motifs is 1. The lowest BCUT2D eigenvalue weighted by atomic mass is 9.77. The molecule has 1 N–H and O–H groups in total. The maximum Gasteiger partial charge on any atom is 0.266 e. The molecule has 2 fully saturated rings. The Kier molecular flexibility index (Phi) is 5.12. The normalized spacial score (nSPS) is 16.9. The van der Waals surface area contributed by atoms with Crippen molar-refractivity contribution >= 4 is 22.3 Å². The summed E-state index contributed by atoms with van der Waals surface area (Å²) in [5, 5.41) is 4.09.